The molecule has 0 amide bonds. The Labute approximate surface area is 123 Å². The summed E-state index contributed by atoms with van der Waals surface area (Å²) in [6, 6.07) is 9.40. The zero-order chi connectivity index (χ0) is 13.1. The molecular weight excluding hydrogens is 342 g/mol. The van der Waals surface area contributed by atoms with Crippen molar-refractivity contribution in [2.45, 2.75) is 6.61 Å². The molecule has 94 valence electrons. The van der Waals surface area contributed by atoms with Gasteiger partial charge < -0.3 is 4.74 Å². The Hall–Kier alpha value is -0.770. The number of rotatable bonds is 3. The third kappa shape index (κ3) is 3.37. The van der Waals surface area contributed by atoms with Crippen LogP contribution < -0.4 is 4.74 Å². The number of hydrogen-bond donors (Lipinski definition) is 0. The molecule has 0 aliphatic carbocycles. The van der Waals surface area contributed by atoms with Gasteiger partial charge in [0.1, 0.15) is 12.4 Å². The fraction of sp³-hybridized carbons (Fsp3) is 0.0769. The summed E-state index contributed by atoms with van der Waals surface area (Å²) in [6.07, 6.45) is 0. The highest BCUT2D eigenvalue weighted by molar-refractivity contribution is 9.10. The molecule has 0 bridgehead atoms. The highest BCUT2D eigenvalue weighted by atomic mass is 79.9. The van der Waals surface area contributed by atoms with Crippen LogP contribution in [0, 0.1) is 5.82 Å². The van der Waals surface area contributed by atoms with E-state index >= 15 is 0 Å². The predicted molar refractivity (Wildman–Crippen MR) is 74.9 cm³/mol. The Morgan fingerprint density at radius 1 is 1.11 bits per heavy atom. The SMILES string of the molecule is Fc1ccc(COc2c(Cl)cc(Cl)cc2Br)cc1. The van der Waals surface area contributed by atoms with Crippen LogP contribution in [-0.2, 0) is 6.61 Å². The van der Waals surface area contributed by atoms with Crippen LogP contribution in [0.15, 0.2) is 40.9 Å². The van der Waals surface area contributed by atoms with Gasteiger partial charge in [0.05, 0.1) is 9.50 Å². The topological polar surface area (TPSA) is 9.23 Å². The van der Waals surface area contributed by atoms with Gasteiger partial charge in [-0.15, -0.1) is 0 Å². The van der Waals surface area contributed by atoms with Crippen molar-refractivity contribution in [1.82, 2.24) is 0 Å². The van der Waals surface area contributed by atoms with E-state index in [1.807, 2.05) is 0 Å². The van der Waals surface area contributed by atoms with Gasteiger partial charge in [-0.2, -0.15) is 0 Å². The molecule has 0 aliphatic heterocycles. The minimum atomic E-state index is -0.274. The Bertz CT molecular complexity index is 534. The summed E-state index contributed by atoms with van der Waals surface area (Å²) in [5, 5.41) is 0.956. The minimum Gasteiger partial charge on any atom is -0.486 e. The monoisotopic (exact) mass is 348 g/mol. The lowest BCUT2D eigenvalue weighted by Crippen LogP contribution is -1.97. The molecule has 0 unspecified atom stereocenters. The summed E-state index contributed by atoms with van der Waals surface area (Å²) in [6.45, 7) is 0.306. The Kier molecular flexibility index (Phi) is 4.49. The largest absolute Gasteiger partial charge is 0.486 e. The van der Waals surface area contributed by atoms with E-state index in [9.17, 15) is 4.39 Å². The Balaban J connectivity index is 2.13. The van der Waals surface area contributed by atoms with E-state index < -0.39 is 0 Å². The van der Waals surface area contributed by atoms with E-state index in [0.717, 1.165) is 5.56 Å². The van der Waals surface area contributed by atoms with Crippen LogP contribution in [0.2, 0.25) is 10.0 Å². The van der Waals surface area contributed by atoms with E-state index in [1.165, 1.54) is 12.1 Å². The lowest BCUT2D eigenvalue weighted by atomic mass is 10.2. The van der Waals surface area contributed by atoms with Crippen LogP contribution in [0.3, 0.4) is 0 Å². The Morgan fingerprint density at radius 2 is 1.78 bits per heavy atom. The summed E-state index contributed by atoms with van der Waals surface area (Å²) >= 11 is 15.2. The number of benzene rings is 2. The maximum absolute atomic E-state index is 12.7. The zero-order valence-corrected chi connectivity index (χ0v) is 12.2. The summed E-state index contributed by atoms with van der Waals surface area (Å²) in [5.74, 6) is 0.245. The van der Waals surface area contributed by atoms with Crippen LogP contribution in [0.1, 0.15) is 5.56 Å². The van der Waals surface area contributed by atoms with E-state index in [-0.39, 0.29) is 5.82 Å². The average molecular weight is 350 g/mol. The third-order valence-electron chi connectivity index (χ3n) is 2.26. The minimum absolute atomic E-state index is 0.274. The highest BCUT2D eigenvalue weighted by Crippen LogP contribution is 2.36. The van der Waals surface area contributed by atoms with Crippen molar-refractivity contribution in [3.63, 3.8) is 0 Å². The summed E-state index contributed by atoms with van der Waals surface area (Å²) in [4.78, 5) is 0. The van der Waals surface area contributed by atoms with Crippen molar-refractivity contribution in [2.24, 2.45) is 0 Å². The van der Waals surface area contributed by atoms with Crippen molar-refractivity contribution in [1.29, 1.82) is 0 Å². The lowest BCUT2D eigenvalue weighted by Gasteiger charge is -2.10. The Morgan fingerprint density at radius 3 is 2.39 bits per heavy atom. The molecule has 0 saturated heterocycles. The van der Waals surface area contributed by atoms with E-state index in [0.29, 0.717) is 26.9 Å². The first-order chi connectivity index (χ1) is 8.56. The van der Waals surface area contributed by atoms with Crippen LogP contribution in [-0.4, -0.2) is 0 Å². The first-order valence-corrected chi connectivity index (χ1v) is 6.63. The molecule has 0 fully saturated rings. The van der Waals surface area contributed by atoms with Crippen molar-refractivity contribution in [3.05, 3.63) is 62.3 Å². The third-order valence-corrected chi connectivity index (χ3v) is 3.35. The van der Waals surface area contributed by atoms with Crippen LogP contribution in [0.4, 0.5) is 4.39 Å². The van der Waals surface area contributed by atoms with Gasteiger partial charge in [-0.25, -0.2) is 4.39 Å². The standard InChI is InChI=1S/C13H8BrCl2FO/c14-11-5-9(15)6-12(16)13(11)18-7-8-1-3-10(17)4-2-8/h1-6H,7H2. The van der Waals surface area contributed by atoms with Crippen molar-refractivity contribution >= 4 is 39.1 Å². The van der Waals surface area contributed by atoms with Crippen LogP contribution in [0.5, 0.6) is 5.75 Å². The maximum atomic E-state index is 12.7. The molecular formula is C13H8BrCl2FO. The lowest BCUT2D eigenvalue weighted by molar-refractivity contribution is 0.304. The van der Waals surface area contributed by atoms with Gasteiger partial charge in [0, 0.05) is 5.02 Å². The van der Waals surface area contributed by atoms with Gasteiger partial charge in [0.25, 0.3) is 0 Å². The molecule has 0 atom stereocenters. The molecule has 0 aromatic heterocycles. The maximum Gasteiger partial charge on any atom is 0.152 e. The average Bonchev–Trinajstić information content (AvgIpc) is 2.30. The second-order valence-corrected chi connectivity index (χ2v) is 5.31. The number of hydrogen-bond acceptors (Lipinski definition) is 1. The molecule has 1 nitrogen and oxygen atoms in total. The molecule has 5 heteroatoms. The molecule has 0 radical (unpaired) electrons. The first-order valence-electron chi connectivity index (χ1n) is 5.08. The second-order valence-electron chi connectivity index (χ2n) is 3.61. The molecule has 0 saturated carbocycles. The van der Waals surface area contributed by atoms with Gasteiger partial charge >= 0.3 is 0 Å². The van der Waals surface area contributed by atoms with Gasteiger partial charge in [-0.1, -0.05) is 35.3 Å². The van der Waals surface area contributed by atoms with Gasteiger partial charge in [0.2, 0.25) is 0 Å². The molecule has 0 heterocycles. The molecule has 2 aromatic rings. The highest BCUT2D eigenvalue weighted by Gasteiger charge is 2.09. The van der Waals surface area contributed by atoms with Crippen LogP contribution in [0.25, 0.3) is 0 Å². The molecule has 18 heavy (non-hydrogen) atoms. The molecule has 2 aromatic carbocycles. The smallest absolute Gasteiger partial charge is 0.152 e. The van der Waals surface area contributed by atoms with Crippen molar-refractivity contribution in [3.8, 4) is 5.75 Å². The van der Waals surface area contributed by atoms with Crippen LogP contribution >= 0.6 is 39.1 Å². The fourth-order valence-corrected chi connectivity index (χ4v) is 2.77. The van der Waals surface area contributed by atoms with Gasteiger partial charge in [0.15, 0.2) is 5.75 Å². The van der Waals surface area contributed by atoms with Gasteiger partial charge in [-0.3, -0.25) is 0 Å². The van der Waals surface area contributed by atoms with E-state index in [1.54, 1.807) is 24.3 Å². The molecule has 0 aliphatic rings. The second kappa shape index (κ2) is 5.91. The van der Waals surface area contributed by atoms with Gasteiger partial charge in [-0.05, 0) is 45.8 Å². The van der Waals surface area contributed by atoms with E-state index in [4.69, 9.17) is 27.9 Å². The fourth-order valence-electron chi connectivity index (χ4n) is 1.40. The van der Waals surface area contributed by atoms with Crippen molar-refractivity contribution < 1.29 is 9.13 Å². The summed E-state index contributed by atoms with van der Waals surface area (Å²) in [7, 11) is 0. The molecule has 2 rings (SSSR count). The summed E-state index contributed by atoms with van der Waals surface area (Å²) in [5.41, 5.74) is 0.856. The molecule has 0 N–H and O–H groups in total. The predicted octanol–water partition coefficient (Wildman–Crippen LogP) is 5.47. The quantitative estimate of drug-likeness (QED) is 0.713. The van der Waals surface area contributed by atoms with Crippen molar-refractivity contribution in [2.75, 3.05) is 0 Å². The normalized spacial score (nSPS) is 10.4. The zero-order valence-electron chi connectivity index (χ0n) is 9.09. The summed E-state index contributed by atoms with van der Waals surface area (Å²) < 4.78 is 19.0. The number of halogens is 4. The molecule has 0 spiro atoms. The number of ether oxygens (including phenoxy) is 1. The first kappa shape index (κ1) is 13.7. The van der Waals surface area contributed by atoms with E-state index in [2.05, 4.69) is 15.9 Å².